The number of anilines is 1. The van der Waals surface area contributed by atoms with Crippen molar-refractivity contribution >= 4 is 11.6 Å². The molecule has 0 heterocycles. The Balaban J connectivity index is 1.34. The average molecular weight is 420 g/mol. The van der Waals surface area contributed by atoms with Gasteiger partial charge in [0.25, 0.3) is 0 Å². The number of carbonyl (C=O) groups is 1. The highest BCUT2D eigenvalue weighted by Gasteiger charge is 2.71. The van der Waals surface area contributed by atoms with Crippen LogP contribution in [-0.4, -0.2) is 23.4 Å². The van der Waals surface area contributed by atoms with Crippen molar-refractivity contribution in [3.05, 3.63) is 65.5 Å². The summed E-state index contributed by atoms with van der Waals surface area (Å²) in [5, 5.41) is 2.84. The smallest absolute Gasteiger partial charge is 0.326 e. The van der Waals surface area contributed by atoms with Gasteiger partial charge >= 0.3 is 6.18 Å². The quantitative estimate of drug-likeness (QED) is 0.628. The van der Waals surface area contributed by atoms with Crippen LogP contribution < -0.4 is 5.32 Å². The van der Waals surface area contributed by atoms with Gasteiger partial charge in [-0.05, 0) is 67.6 Å². The highest BCUT2D eigenvalue weighted by atomic mass is 19.4. The molecule has 3 aliphatic rings. The molecule has 0 spiro atoms. The van der Waals surface area contributed by atoms with E-state index in [1.807, 2.05) is 14.0 Å². The third-order valence-corrected chi connectivity index (χ3v) is 6.95. The molecule has 160 valence electrons. The van der Waals surface area contributed by atoms with Gasteiger partial charge in [-0.15, -0.1) is 0 Å². The van der Waals surface area contributed by atoms with E-state index in [0.717, 1.165) is 25.3 Å². The molecule has 3 aliphatic carbocycles. The van der Waals surface area contributed by atoms with Crippen LogP contribution in [0.1, 0.15) is 37.3 Å². The van der Waals surface area contributed by atoms with Crippen LogP contribution in [-0.2, 0) is 17.5 Å². The molecule has 1 amide bonds. The summed E-state index contributed by atoms with van der Waals surface area (Å²) >= 11 is 0. The van der Waals surface area contributed by atoms with Crippen LogP contribution in [0.3, 0.4) is 0 Å². The molecule has 2 aromatic carbocycles. The number of carbonyl (C=O) groups excluding carboxylic acids is 1. The van der Waals surface area contributed by atoms with E-state index in [2.05, 4.69) is 10.2 Å². The zero-order chi connectivity index (χ0) is 21.7. The summed E-state index contributed by atoms with van der Waals surface area (Å²) in [5.41, 5.74) is 0.461. The van der Waals surface area contributed by atoms with Gasteiger partial charge in [0.15, 0.2) is 0 Å². The van der Waals surface area contributed by atoms with Crippen molar-refractivity contribution < 1.29 is 22.4 Å². The van der Waals surface area contributed by atoms with E-state index in [-0.39, 0.29) is 28.6 Å². The fourth-order valence-electron chi connectivity index (χ4n) is 5.02. The average Bonchev–Trinajstić information content (AvgIpc) is 2.60. The van der Waals surface area contributed by atoms with Crippen LogP contribution in [0.4, 0.5) is 23.2 Å². The minimum atomic E-state index is -4.34. The first-order valence-corrected chi connectivity index (χ1v) is 9.97. The van der Waals surface area contributed by atoms with Crippen molar-refractivity contribution in [2.75, 3.05) is 12.4 Å². The van der Waals surface area contributed by atoms with Crippen LogP contribution in [0.5, 0.6) is 0 Å². The molecule has 0 saturated heterocycles. The monoisotopic (exact) mass is 420 g/mol. The number of nitrogens with zero attached hydrogens (tertiary/aromatic N) is 1. The number of amides is 1. The standard InChI is InChI=1S/C23H24F4N2O/c1-15(20(30)28-19-8-6-18(24)7-9-19)21-12-22(13-21,14-21)29(2)11-16-4-3-5-17(10-16)23(25,26)27/h3-10,15H,11-14H2,1-2H3,(H,28,30)/t15-,21?,22?/m1/s1. The Morgan fingerprint density at radius 3 is 2.37 bits per heavy atom. The van der Waals surface area contributed by atoms with Crippen LogP contribution in [0.2, 0.25) is 0 Å². The van der Waals surface area contributed by atoms with Crippen molar-refractivity contribution in [2.45, 2.75) is 44.4 Å². The summed E-state index contributed by atoms with van der Waals surface area (Å²) in [6.07, 6.45) is -1.78. The van der Waals surface area contributed by atoms with Crippen LogP contribution in [0.15, 0.2) is 48.5 Å². The Morgan fingerprint density at radius 2 is 1.77 bits per heavy atom. The predicted octanol–water partition coefficient (Wildman–Crippen LogP) is 5.47. The van der Waals surface area contributed by atoms with E-state index in [1.54, 1.807) is 6.07 Å². The number of hydrogen-bond acceptors (Lipinski definition) is 2. The Labute approximate surface area is 173 Å². The Bertz CT molecular complexity index is 935. The molecule has 3 nitrogen and oxygen atoms in total. The van der Waals surface area contributed by atoms with Gasteiger partial charge < -0.3 is 5.32 Å². The van der Waals surface area contributed by atoms with Gasteiger partial charge in [0.1, 0.15) is 5.82 Å². The number of rotatable bonds is 6. The number of nitrogens with one attached hydrogen (secondary N) is 1. The second kappa shape index (κ2) is 7.08. The highest BCUT2D eigenvalue weighted by Crippen LogP contribution is 2.72. The molecule has 3 fully saturated rings. The van der Waals surface area contributed by atoms with Gasteiger partial charge in [0.2, 0.25) is 5.91 Å². The predicted molar refractivity (Wildman–Crippen MR) is 106 cm³/mol. The minimum absolute atomic E-state index is 0.0430. The van der Waals surface area contributed by atoms with Crippen molar-refractivity contribution in [1.82, 2.24) is 4.90 Å². The molecule has 0 radical (unpaired) electrons. The molecule has 7 heteroatoms. The maximum Gasteiger partial charge on any atom is 0.416 e. The zero-order valence-corrected chi connectivity index (χ0v) is 16.9. The number of benzene rings is 2. The summed E-state index contributed by atoms with van der Waals surface area (Å²) in [7, 11) is 1.94. The SMILES string of the molecule is C[C@H](C(=O)Nc1ccc(F)cc1)C12CC(N(C)Cc3cccc(C(F)(F)F)c3)(C1)C2. The summed E-state index contributed by atoms with van der Waals surface area (Å²) in [6.45, 7) is 2.35. The minimum Gasteiger partial charge on any atom is -0.326 e. The number of hydrogen-bond donors (Lipinski definition) is 1. The molecule has 0 aromatic heterocycles. The van der Waals surface area contributed by atoms with Crippen LogP contribution >= 0.6 is 0 Å². The summed E-state index contributed by atoms with van der Waals surface area (Å²) in [6, 6.07) is 11.1. The molecule has 2 aromatic rings. The van der Waals surface area contributed by atoms with Gasteiger partial charge in [0.05, 0.1) is 5.56 Å². The molecule has 5 rings (SSSR count). The van der Waals surface area contributed by atoms with Gasteiger partial charge in [0, 0.05) is 23.7 Å². The number of alkyl halides is 3. The van der Waals surface area contributed by atoms with E-state index in [0.29, 0.717) is 17.8 Å². The lowest BCUT2D eigenvalue weighted by molar-refractivity contribution is -0.237. The first kappa shape index (κ1) is 20.8. The largest absolute Gasteiger partial charge is 0.416 e. The first-order valence-electron chi connectivity index (χ1n) is 9.97. The van der Waals surface area contributed by atoms with Crippen molar-refractivity contribution in [2.24, 2.45) is 11.3 Å². The molecule has 0 aliphatic heterocycles. The first-order chi connectivity index (χ1) is 14.0. The van der Waals surface area contributed by atoms with Crippen LogP contribution in [0, 0.1) is 17.2 Å². The fraction of sp³-hybridized carbons (Fsp3) is 0.435. The molecule has 3 saturated carbocycles. The molecular formula is C23H24F4N2O. The highest BCUT2D eigenvalue weighted by molar-refractivity contribution is 5.93. The maximum atomic E-state index is 13.0. The molecule has 1 atom stereocenters. The Hall–Kier alpha value is -2.41. The number of halogens is 4. The molecular weight excluding hydrogens is 396 g/mol. The van der Waals surface area contributed by atoms with Crippen LogP contribution in [0.25, 0.3) is 0 Å². The second-order valence-corrected chi connectivity index (χ2v) is 8.89. The van der Waals surface area contributed by atoms with Gasteiger partial charge in [-0.25, -0.2) is 4.39 Å². The molecule has 30 heavy (non-hydrogen) atoms. The summed E-state index contributed by atoms with van der Waals surface area (Å²) in [4.78, 5) is 14.8. The summed E-state index contributed by atoms with van der Waals surface area (Å²) in [5.74, 6) is -0.631. The van der Waals surface area contributed by atoms with E-state index < -0.39 is 11.7 Å². The lowest BCUT2D eigenvalue weighted by atomic mass is 9.35. The third kappa shape index (κ3) is 3.60. The van der Waals surface area contributed by atoms with E-state index in [1.165, 1.54) is 36.4 Å². The van der Waals surface area contributed by atoms with E-state index >= 15 is 0 Å². The second-order valence-electron chi connectivity index (χ2n) is 8.89. The van der Waals surface area contributed by atoms with Crippen molar-refractivity contribution in [1.29, 1.82) is 0 Å². The lowest BCUT2D eigenvalue weighted by Crippen LogP contribution is -2.76. The fourth-order valence-corrected chi connectivity index (χ4v) is 5.02. The molecule has 0 unspecified atom stereocenters. The van der Waals surface area contributed by atoms with Gasteiger partial charge in [-0.2, -0.15) is 13.2 Å². The van der Waals surface area contributed by atoms with E-state index in [9.17, 15) is 22.4 Å². The topological polar surface area (TPSA) is 32.3 Å². The van der Waals surface area contributed by atoms with Crippen molar-refractivity contribution in [3.63, 3.8) is 0 Å². The third-order valence-electron chi connectivity index (χ3n) is 6.95. The van der Waals surface area contributed by atoms with Crippen molar-refractivity contribution in [3.8, 4) is 0 Å². The van der Waals surface area contributed by atoms with E-state index in [4.69, 9.17) is 0 Å². The lowest BCUT2D eigenvalue weighted by Gasteiger charge is -2.75. The maximum absolute atomic E-state index is 13.0. The normalized spacial score (nSPS) is 26.0. The Morgan fingerprint density at radius 1 is 1.13 bits per heavy atom. The van der Waals surface area contributed by atoms with Gasteiger partial charge in [-0.3, -0.25) is 9.69 Å². The molecule has 1 N–H and O–H groups in total. The van der Waals surface area contributed by atoms with Gasteiger partial charge in [-0.1, -0.05) is 25.1 Å². The zero-order valence-electron chi connectivity index (χ0n) is 16.9. The molecule has 2 bridgehead atoms. The summed E-state index contributed by atoms with van der Waals surface area (Å²) < 4.78 is 51.9. The Kier molecular flexibility index (Phi) is 4.92.